The molecule has 0 amide bonds. The molecule has 0 radical (unpaired) electrons. The van der Waals surface area contributed by atoms with Crippen molar-refractivity contribution < 1.29 is 5.11 Å². The van der Waals surface area contributed by atoms with Gasteiger partial charge in [-0.25, -0.2) is 0 Å². The highest BCUT2D eigenvalue weighted by molar-refractivity contribution is 4.79. The van der Waals surface area contributed by atoms with Gasteiger partial charge >= 0.3 is 0 Å². The van der Waals surface area contributed by atoms with E-state index in [0.29, 0.717) is 6.54 Å². The third-order valence-electron chi connectivity index (χ3n) is 1.34. The zero-order valence-corrected chi connectivity index (χ0v) is 6.52. The Bertz CT molecular complexity index is 126. The van der Waals surface area contributed by atoms with Gasteiger partial charge in [0.25, 0.3) is 0 Å². The van der Waals surface area contributed by atoms with Crippen molar-refractivity contribution in [1.29, 1.82) is 5.26 Å². The van der Waals surface area contributed by atoms with Crippen LogP contribution in [-0.4, -0.2) is 17.3 Å². The van der Waals surface area contributed by atoms with Crippen LogP contribution in [0.2, 0.25) is 0 Å². The van der Waals surface area contributed by atoms with Crippen molar-refractivity contribution in [3.63, 3.8) is 0 Å². The smallest absolute Gasteiger partial charge is 0.176 e. The summed E-state index contributed by atoms with van der Waals surface area (Å²) in [5, 5.41) is 20.0. The normalized spacial score (nSPS) is 15.4. The molecule has 0 bridgehead atoms. The van der Waals surface area contributed by atoms with Gasteiger partial charge in [0.2, 0.25) is 0 Å². The van der Waals surface area contributed by atoms with Crippen LogP contribution in [-0.2, 0) is 0 Å². The molecule has 0 aromatic rings. The van der Waals surface area contributed by atoms with E-state index < -0.39 is 5.60 Å². The van der Waals surface area contributed by atoms with Gasteiger partial charge in [0.1, 0.15) is 0 Å². The van der Waals surface area contributed by atoms with E-state index in [2.05, 4.69) is 5.32 Å². The summed E-state index contributed by atoms with van der Waals surface area (Å²) in [5.74, 6) is 0. The van der Waals surface area contributed by atoms with Crippen LogP contribution in [0.4, 0.5) is 0 Å². The van der Waals surface area contributed by atoms with E-state index in [9.17, 15) is 5.11 Å². The highest BCUT2D eigenvalue weighted by atomic mass is 16.3. The van der Waals surface area contributed by atoms with E-state index in [-0.39, 0.29) is 0 Å². The molecule has 0 heterocycles. The maximum absolute atomic E-state index is 9.43. The van der Waals surface area contributed by atoms with Crippen LogP contribution in [0.3, 0.4) is 0 Å². The van der Waals surface area contributed by atoms with Gasteiger partial charge in [0.05, 0.1) is 12.1 Å². The molecule has 1 unspecified atom stereocenters. The molecule has 3 heteroatoms. The number of rotatable bonds is 4. The molecule has 0 aliphatic carbocycles. The monoisotopic (exact) mass is 142 g/mol. The summed E-state index contributed by atoms with van der Waals surface area (Å²) >= 11 is 0. The summed E-state index contributed by atoms with van der Waals surface area (Å²) in [5.41, 5.74) is -0.732. The number of nitrogens with zero attached hydrogens (tertiary/aromatic N) is 1. The van der Waals surface area contributed by atoms with Gasteiger partial charge in [0.15, 0.2) is 6.19 Å². The average Bonchev–Trinajstić information content (AvgIpc) is 1.84. The molecule has 0 saturated heterocycles. The molecule has 0 fully saturated rings. The first-order valence-corrected chi connectivity index (χ1v) is 3.46. The van der Waals surface area contributed by atoms with E-state index in [4.69, 9.17) is 5.26 Å². The molecule has 0 saturated carbocycles. The Kier molecular flexibility index (Phi) is 3.82. The van der Waals surface area contributed by atoms with E-state index in [1.165, 1.54) is 0 Å². The van der Waals surface area contributed by atoms with Crippen LogP contribution >= 0.6 is 0 Å². The Morgan fingerprint density at radius 2 is 2.30 bits per heavy atom. The van der Waals surface area contributed by atoms with Crippen molar-refractivity contribution in [3.8, 4) is 6.19 Å². The van der Waals surface area contributed by atoms with E-state index in [0.717, 1.165) is 12.8 Å². The topological polar surface area (TPSA) is 56.0 Å². The number of nitriles is 1. The van der Waals surface area contributed by atoms with Crippen molar-refractivity contribution in [2.45, 2.75) is 32.3 Å². The predicted molar refractivity (Wildman–Crippen MR) is 39.1 cm³/mol. The minimum atomic E-state index is -0.732. The van der Waals surface area contributed by atoms with Crippen LogP contribution in [0, 0.1) is 11.5 Å². The second kappa shape index (κ2) is 4.13. The molecule has 0 aromatic heterocycles. The SMILES string of the molecule is CCCC(C)(O)CNC#N. The molecule has 0 aliphatic heterocycles. The summed E-state index contributed by atoms with van der Waals surface area (Å²) in [6, 6.07) is 0. The zero-order chi connectivity index (χ0) is 8.04. The lowest BCUT2D eigenvalue weighted by atomic mass is 10.0. The number of aliphatic hydroxyl groups is 1. The largest absolute Gasteiger partial charge is 0.388 e. The predicted octanol–water partition coefficient (Wildman–Crippen LogP) is 0.608. The van der Waals surface area contributed by atoms with E-state index >= 15 is 0 Å². The third-order valence-corrected chi connectivity index (χ3v) is 1.34. The van der Waals surface area contributed by atoms with Crippen LogP contribution in [0.15, 0.2) is 0 Å². The van der Waals surface area contributed by atoms with Gasteiger partial charge in [-0.1, -0.05) is 13.3 Å². The second-order valence-electron chi connectivity index (χ2n) is 2.71. The molecular weight excluding hydrogens is 128 g/mol. The molecule has 0 spiro atoms. The maximum atomic E-state index is 9.43. The number of hydrogen-bond donors (Lipinski definition) is 2. The molecule has 3 nitrogen and oxygen atoms in total. The van der Waals surface area contributed by atoms with Gasteiger partial charge in [-0.3, -0.25) is 0 Å². The summed E-state index contributed by atoms with van der Waals surface area (Å²) in [4.78, 5) is 0. The van der Waals surface area contributed by atoms with Crippen LogP contribution in [0.5, 0.6) is 0 Å². The van der Waals surface area contributed by atoms with Gasteiger partial charge < -0.3 is 10.4 Å². The Morgan fingerprint density at radius 1 is 1.70 bits per heavy atom. The Labute approximate surface area is 61.7 Å². The average molecular weight is 142 g/mol. The molecule has 58 valence electrons. The summed E-state index contributed by atoms with van der Waals surface area (Å²) in [6.45, 7) is 4.07. The van der Waals surface area contributed by atoms with E-state index in [1.54, 1.807) is 13.1 Å². The fourth-order valence-electron chi connectivity index (χ4n) is 0.857. The third kappa shape index (κ3) is 4.16. The zero-order valence-electron chi connectivity index (χ0n) is 6.52. The molecule has 0 rings (SSSR count). The van der Waals surface area contributed by atoms with Crippen molar-refractivity contribution in [2.24, 2.45) is 0 Å². The lowest BCUT2D eigenvalue weighted by Gasteiger charge is -2.20. The second-order valence-corrected chi connectivity index (χ2v) is 2.71. The molecule has 2 N–H and O–H groups in total. The number of nitrogens with one attached hydrogen (secondary N) is 1. The first kappa shape index (κ1) is 9.25. The molecular formula is C7H14N2O. The highest BCUT2D eigenvalue weighted by Gasteiger charge is 2.17. The number of hydrogen-bond acceptors (Lipinski definition) is 3. The molecule has 0 aromatic carbocycles. The summed E-state index contributed by atoms with van der Waals surface area (Å²) in [7, 11) is 0. The van der Waals surface area contributed by atoms with Crippen molar-refractivity contribution >= 4 is 0 Å². The lowest BCUT2D eigenvalue weighted by molar-refractivity contribution is 0.0539. The molecule has 1 atom stereocenters. The van der Waals surface area contributed by atoms with Gasteiger partial charge in [-0.2, -0.15) is 5.26 Å². The summed E-state index contributed by atoms with van der Waals surface area (Å²) in [6.07, 6.45) is 3.43. The van der Waals surface area contributed by atoms with Gasteiger partial charge in [-0.15, -0.1) is 0 Å². The Morgan fingerprint density at radius 3 is 2.70 bits per heavy atom. The van der Waals surface area contributed by atoms with Crippen LogP contribution in [0.1, 0.15) is 26.7 Å². The highest BCUT2D eigenvalue weighted by Crippen LogP contribution is 2.09. The van der Waals surface area contributed by atoms with Crippen LogP contribution in [0.25, 0.3) is 0 Å². The van der Waals surface area contributed by atoms with Crippen molar-refractivity contribution in [2.75, 3.05) is 6.54 Å². The maximum Gasteiger partial charge on any atom is 0.176 e. The van der Waals surface area contributed by atoms with Crippen LogP contribution < -0.4 is 5.32 Å². The standard InChI is InChI=1S/C7H14N2O/c1-3-4-7(2,10)5-9-6-8/h9-10H,3-5H2,1-2H3. The molecule has 10 heavy (non-hydrogen) atoms. The van der Waals surface area contributed by atoms with Crippen molar-refractivity contribution in [1.82, 2.24) is 5.32 Å². The first-order chi connectivity index (χ1) is 4.62. The fourth-order valence-corrected chi connectivity index (χ4v) is 0.857. The van der Waals surface area contributed by atoms with E-state index in [1.807, 2.05) is 6.92 Å². The van der Waals surface area contributed by atoms with Gasteiger partial charge in [0, 0.05) is 0 Å². The Balaban J connectivity index is 3.54. The minimum absolute atomic E-state index is 0.345. The van der Waals surface area contributed by atoms with Gasteiger partial charge in [-0.05, 0) is 13.3 Å². The van der Waals surface area contributed by atoms with Crippen molar-refractivity contribution in [3.05, 3.63) is 0 Å². The fraction of sp³-hybridized carbons (Fsp3) is 0.857. The molecule has 0 aliphatic rings. The quantitative estimate of drug-likeness (QED) is 0.446. The summed E-state index contributed by atoms with van der Waals surface area (Å²) < 4.78 is 0. The Hall–Kier alpha value is -0.750. The lowest BCUT2D eigenvalue weighted by Crippen LogP contribution is -2.35. The minimum Gasteiger partial charge on any atom is -0.388 e. The first-order valence-electron chi connectivity index (χ1n) is 3.46.